The molecule has 2 rings (SSSR count). The molecular weight excluding hydrogens is 222 g/mol. The average molecular weight is 233 g/mol. The van der Waals surface area contributed by atoms with Crippen molar-refractivity contribution in [1.82, 2.24) is 0 Å². The van der Waals surface area contributed by atoms with E-state index in [2.05, 4.69) is 0 Å². The van der Waals surface area contributed by atoms with E-state index >= 15 is 0 Å². The van der Waals surface area contributed by atoms with Gasteiger partial charge in [-0.2, -0.15) is 13.2 Å². The molecule has 0 aliphatic heterocycles. The third kappa shape index (κ3) is 1.91. The number of nitrogens with two attached hydrogens (primary N) is 1. The summed E-state index contributed by atoms with van der Waals surface area (Å²) < 4.78 is 50.3. The van der Waals surface area contributed by atoms with E-state index in [0.717, 1.165) is 25.0 Å². The summed E-state index contributed by atoms with van der Waals surface area (Å²) in [6.45, 7) is 0. The smallest absolute Gasteiger partial charge is 0.327 e. The minimum absolute atomic E-state index is 0.0679. The van der Waals surface area contributed by atoms with Crippen LogP contribution in [0, 0.1) is 5.82 Å². The van der Waals surface area contributed by atoms with Crippen molar-refractivity contribution >= 4 is 0 Å². The van der Waals surface area contributed by atoms with Gasteiger partial charge in [0.15, 0.2) is 0 Å². The second-order valence-corrected chi connectivity index (χ2v) is 4.08. The van der Waals surface area contributed by atoms with Crippen molar-refractivity contribution in [3.05, 3.63) is 35.1 Å². The molecule has 0 aromatic heterocycles. The van der Waals surface area contributed by atoms with Crippen LogP contribution in [0.25, 0.3) is 0 Å². The van der Waals surface area contributed by atoms with Gasteiger partial charge in [0, 0.05) is 6.04 Å². The van der Waals surface area contributed by atoms with Crippen LogP contribution < -0.4 is 5.73 Å². The first-order valence-corrected chi connectivity index (χ1v) is 5.02. The molecule has 88 valence electrons. The molecule has 1 aliphatic carbocycles. The van der Waals surface area contributed by atoms with Gasteiger partial charge in [-0.1, -0.05) is 6.07 Å². The molecule has 0 radical (unpaired) electrons. The molecule has 1 aromatic carbocycles. The molecule has 1 nitrogen and oxygen atoms in total. The molecule has 5 heteroatoms. The van der Waals surface area contributed by atoms with Crippen LogP contribution in [0.2, 0.25) is 0 Å². The maximum Gasteiger partial charge on any atom is 0.419 e. The molecule has 16 heavy (non-hydrogen) atoms. The Balaban J connectivity index is 2.36. The van der Waals surface area contributed by atoms with Crippen molar-refractivity contribution in [3.8, 4) is 0 Å². The third-order valence-corrected chi connectivity index (χ3v) is 3.05. The fourth-order valence-electron chi connectivity index (χ4n) is 1.93. The Morgan fingerprint density at radius 3 is 2.31 bits per heavy atom. The Kier molecular flexibility index (Phi) is 2.66. The zero-order chi connectivity index (χ0) is 11.9. The van der Waals surface area contributed by atoms with Crippen LogP contribution >= 0.6 is 0 Å². The van der Waals surface area contributed by atoms with Gasteiger partial charge in [-0.05, 0) is 36.5 Å². The summed E-state index contributed by atoms with van der Waals surface area (Å²) in [4.78, 5) is 0. The Bertz CT molecular complexity index is 399. The second kappa shape index (κ2) is 3.73. The number of hydrogen-bond donors (Lipinski definition) is 1. The molecule has 0 amide bonds. The predicted octanol–water partition coefficient (Wildman–Crippen LogP) is 3.05. The van der Waals surface area contributed by atoms with E-state index in [4.69, 9.17) is 5.73 Å². The quantitative estimate of drug-likeness (QED) is 0.741. The molecule has 0 heterocycles. The van der Waals surface area contributed by atoms with Gasteiger partial charge in [-0.15, -0.1) is 0 Å². The summed E-state index contributed by atoms with van der Waals surface area (Å²) in [5, 5.41) is 0. The highest BCUT2D eigenvalue weighted by molar-refractivity contribution is 5.32. The fourth-order valence-corrected chi connectivity index (χ4v) is 1.93. The van der Waals surface area contributed by atoms with E-state index in [0.29, 0.717) is 5.56 Å². The summed E-state index contributed by atoms with van der Waals surface area (Å²) >= 11 is 0. The maximum absolute atomic E-state index is 13.0. The number of halogens is 4. The van der Waals surface area contributed by atoms with Crippen molar-refractivity contribution in [2.75, 3.05) is 0 Å². The molecule has 0 spiro atoms. The van der Waals surface area contributed by atoms with E-state index in [-0.39, 0.29) is 12.0 Å². The van der Waals surface area contributed by atoms with Crippen LogP contribution in [0.4, 0.5) is 17.6 Å². The molecule has 0 saturated heterocycles. The topological polar surface area (TPSA) is 26.0 Å². The second-order valence-electron chi connectivity index (χ2n) is 4.08. The Morgan fingerprint density at radius 1 is 1.19 bits per heavy atom. The van der Waals surface area contributed by atoms with Crippen LogP contribution in [-0.2, 0) is 6.18 Å². The summed E-state index contributed by atoms with van der Waals surface area (Å²) in [5.41, 5.74) is 4.95. The largest absolute Gasteiger partial charge is 0.419 e. The number of rotatable bonds is 1. The van der Waals surface area contributed by atoms with Gasteiger partial charge in [0.05, 0.1) is 5.56 Å². The van der Waals surface area contributed by atoms with Crippen LogP contribution in [0.5, 0.6) is 0 Å². The highest BCUT2D eigenvalue weighted by Gasteiger charge is 2.36. The monoisotopic (exact) mass is 233 g/mol. The van der Waals surface area contributed by atoms with E-state index in [1.165, 1.54) is 6.07 Å². The first kappa shape index (κ1) is 11.4. The Morgan fingerprint density at radius 2 is 1.88 bits per heavy atom. The molecule has 1 fully saturated rings. The lowest BCUT2D eigenvalue weighted by Crippen LogP contribution is -2.37. The Labute approximate surface area is 90.3 Å². The van der Waals surface area contributed by atoms with Crippen molar-refractivity contribution < 1.29 is 17.6 Å². The van der Waals surface area contributed by atoms with Crippen LogP contribution in [0.3, 0.4) is 0 Å². The lowest BCUT2D eigenvalue weighted by molar-refractivity contribution is -0.140. The highest BCUT2D eigenvalue weighted by Crippen LogP contribution is 2.39. The molecule has 2 unspecified atom stereocenters. The molecule has 0 bridgehead atoms. The predicted molar refractivity (Wildman–Crippen MR) is 51.4 cm³/mol. The maximum atomic E-state index is 13.0. The zero-order valence-corrected chi connectivity index (χ0v) is 8.39. The zero-order valence-electron chi connectivity index (χ0n) is 8.39. The van der Waals surface area contributed by atoms with Gasteiger partial charge in [0.1, 0.15) is 5.82 Å². The van der Waals surface area contributed by atoms with Gasteiger partial charge in [-0.3, -0.25) is 0 Å². The molecule has 1 saturated carbocycles. The SMILES string of the molecule is NC1CCC1c1ccc(F)c(C(F)(F)F)c1. The normalized spacial score (nSPS) is 25.3. The molecular formula is C11H11F4N. The van der Waals surface area contributed by atoms with Crippen molar-refractivity contribution in [1.29, 1.82) is 0 Å². The number of hydrogen-bond acceptors (Lipinski definition) is 1. The lowest BCUT2D eigenvalue weighted by atomic mass is 9.75. The van der Waals surface area contributed by atoms with Gasteiger partial charge in [-0.25, -0.2) is 4.39 Å². The first-order chi connectivity index (χ1) is 7.39. The fraction of sp³-hybridized carbons (Fsp3) is 0.455. The van der Waals surface area contributed by atoms with Gasteiger partial charge >= 0.3 is 6.18 Å². The van der Waals surface area contributed by atoms with E-state index < -0.39 is 17.6 Å². The molecule has 2 N–H and O–H groups in total. The van der Waals surface area contributed by atoms with Gasteiger partial charge in [0.25, 0.3) is 0 Å². The van der Waals surface area contributed by atoms with Crippen LogP contribution in [0.15, 0.2) is 18.2 Å². The Hall–Kier alpha value is -1.10. The van der Waals surface area contributed by atoms with E-state index in [1.54, 1.807) is 0 Å². The minimum atomic E-state index is -4.64. The van der Waals surface area contributed by atoms with Crippen molar-refractivity contribution in [3.63, 3.8) is 0 Å². The van der Waals surface area contributed by atoms with Crippen molar-refractivity contribution in [2.45, 2.75) is 31.0 Å². The highest BCUT2D eigenvalue weighted by atomic mass is 19.4. The number of alkyl halides is 3. The van der Waals surface area contributed by atoms with Crippen LogP contribution in [-0.4, -0.2) is 6.04 Å². The molecule has 1 aromatic rings. The van der Waals surface area contributed by atoms with E-state index in [1.807, 2.05) is 0 Å². The first-order valence-electron chi connectivity index (χ1n) is 5.02. The lowest BCUT2D eigenvalue weighted by Gasteiger charge is -2.34. The van der Waals surface area contributed by atoms with Crippen molar-refractivity contribution in [2.24, 2.45) is 5.73 Å². The summed E-state index contributed by atoms with van der Waals surface area (Å²) in [5.74, 6) is -1.30. The third-order valence-electron chi connectivity index (χ3n) is 3.05. The standard InChI is InChI=1S/C11H11F4N/c12-9-3-1-6(7-2-4-10(7)16)5-8(9)11(13,14)15/h1,3,5,7,10H,2,4,16H2. The molecule has 2 atom stereocenters. The summed E-state index contributed by atoms with van der Waals surface area (Å²) in [6, 6.07) is 3.02. The number of benzene rings is 1. The molecule has 1 aliphatic rings. The van der Waals surface area contributed by atoms with Gasteiger partial charge in [0.2, 0.25) is 0 Å². The van der Waals surface area contributed by atoms with Gasteiger partial charge < -0.3 is 5.73 Å². The van der Waals surface area contributed by atoms with E-state index in [9.17, 15) is 17.6 Å². The minimum Gasteiger partial charge on any atom is -0.327 e. The summed E-state index contributed by atoms with van der Waals surface area (Å²) in [6.07, 6.45) is -3.07. The summed E-state index contributed by atoms with van der Waals surface area (Å²) in [7, 11) is 0. The average Bonchev–Trinajstić information content (AvgIpc) is 2.17. The van der Waals surface area contributed by atoms with Crippen LogP contribution in [0.1, 0.15) is 29.9 Å².